The number of aromatic nitrogens is 2. The van der Waals surface area contributed by atoms with Gasteiger partial charge in [0.2, 0.25) is 0 Å². The second-order valence-corrected chi connectivity index (χ2v) is 8.06. The zero-order chi connectivity index (χ0) is 19.6. The molecule has 3 rings (SSSR count). The van der Waals surface area contributed by atoms with Gasteiger partial charge in [0.15, 0.2) is 0 Å². The standard InChI is InChI=1S/C21H22Cl2N2O2/c1-13(2)9-15-6-3-5-14(10-15)7-4-8-25-20(26)19-17(23)11-16(22)12-18(19)24-21(25)27/h3,5-6,10-13H,4,7-9H2,1-2H3,(H,24,27). The Labute approximate surface area is 167 Å². The Morgan fingerprint density at radius 3 is 2.56 bits per heavy atom. The third-order valence-electron chi connectivity index (χ3n) is 4.48. The van der Waals surface area contributed by atoms with Crippen molar-refractivity contribution in [2.24, 2.45) is 5.92 Å². The topological polar surface area (TPSA) is 54.9 Å². The first-order chi connectivity index (χ1) is 12.8. The Morgan fingerprint density at radius 1 is 1.07 bits per heavy atom. The minimum absolute atomic E-state index is 0.244. The predicted octanol–water partition coefficient (Wildman–Crippen LogP) is 4.83. The van der Waals surface area contributed by atoms with Crippen molar-refractivity contribution in [3.8, 4) is 0 Å². The molecule has 0 aliphatic heterocycles. The minimum Gasteiger partial charge on any atom is -0.307 e. The van der Waals surface area contributed by atoms with Crippen molar-refractivity contribution in [3.63, 3.8) is 0 Å². The molecule has 4 nitrogen and oxygen atoms in total. The van der Waals surface area contributed by atoms with E-state index < -0.39 is 5.69 Å². The van der Waals surface area contributed by atoms with Crippen LogP contribution in [-0.4, -0.2) is 9.55 Å². The van der Waals surface area contributed by atoms with Gasteiger partial charge in [-0.3, -0.25) is 9.36 Å². The zero-order valence-corrected chi connectivity index (χ0v) is 16.9. The molecule has 3 aromatic rings. The lowest BCUT2D eigenvalue weighted by molar-refractivity contribution is 0.596. The van der Waals surface area contributed by atoms with Gasteiger partial charge in [0, 0.05) is 11.6 Å². The summed E-state index contributed by atoms with van der Waals surface area (Å²) in [4.78, 5) is 27.7. The highest BCUT2D eigenvalue weighted by atomic mass is 35.5. The molecule has 0 atom stereocenters. The summed E-state index contributed by atoms with van der Waals surface area (Å²) in [5, 5.41) is 0.912. The highest BCUT2D eigenvalue weighted by molar-refractivity contribution is 6.38. The van der Waals surface area contributed by atoms with Gasteiger partial charge in [-0.05, 0) is 48.4 Å². The molecular formula is C21H22Cl2N2O2. The molecule has 1 heterocycles. The Bertz CT molecular complexity index is 1080. The molecule has 0 bridgehead atoms. The molecule has 0 aliphatic rings. The van der Waals surface area contributed by atoms with Gasteiger partial charge in [-0.15, -0.1) is 0 Å². The van der Waals surface area contributed by atoms with Crippen LogP contribution < -0.4 is 11.2 Å². The SMILES string of the molecule is CC(C)Cc1cccc(CCCn2c(=O)[nH]c3cc(Cl)cc(Cl)c3c2=O)c1. The minimum atomic E-state index is -0.445. The number of fused-ring (bicyclic) bond motifs is 1. The van der Waals surface area contributed by atoms with E-state index in [1.165, 1.54) is 27.8 Å². The summed E-state index contributed by atoms with van der Waals surface area (Å²) in [6.07, 6.45) is 2.52. The molecule has 6 heteroatoms. The summed E-state index contributed by atoms with van der Waals surface area (Å²) in [7, 11) is 0. The van der Waals surface area contributed by atoms with Gasteiger partial charge in [-0.1, -0.05) is 61.3 Å². The van der Waals surface area contributed by atoms with Gasteiger partial charge in [0.25, 0.3) is 5.56 Å². The molecule has 1 aromatic heterocycles. The largest absolute Gasteiger partial charge is 0.328 e. The average Bonchev–Trinajstić information content (AvgIpc) is 2.56. The monoisotopic (exact) mass is 404 g/mol. The predicted molar refractivity (Wildman–Crippen MR) is 112 cm³/mol. The van der Waals surface area contributed by atoms with Crippen LogP contribution in [0.3, 0.4) is 0 Å². The van der Waals surface area contributed by atoms with Gasteiger partial charge in [0.05, 0.1) is 15.9 Å². The zero-order valence-electron chi connectivity index (χ0n) is 15.4. The molecule has 0 amide bonds. The molecule has 2 aromatic carbocycles. The van der Waals surface area contributed by atoms with E-state index in [4.69, 9.17) is 23.2 Å². The maximum atomic E-state index is 12.7. The number of rotatable bonds is 6. The van der Waals surface area contributed by atoms with Gasteiger partial charge in [-0.25, -0.2) is 4.79 Å². The van der Waals surface area contributed by atoms with Crippen LogP contribution in [0.5, 0.6) is 0 Å². The first-order valence-electron chi connectivity index (χ1n) is 9.05. The van der Waals surface area contributed by atoms with Crippen molar-refractivity contribution in [1.82, 2.24) is 9.55 Å². The molecule has 1 N–H and O–H groups in total. The van der Waals surface area contributed by atoms with Crippen LogP contribution in [0.4, 0.5) is 0 Å². The number of H-pyrrole nitrogens is 1. The maximum Gasteiger partial charge on any atom is 0.328 e. The molecule has 0 fully saturated rings. The van der Waals surface area contributed by atoms with E-state index in [9.17, 15) is 9.59 Å². The number of benzene rings is 2. The van der Waals surface area contributed by atoms with E-state index in [2.05, 4.69) is 43.1 Å². The number of aryl methyl sites for hydroxylation is 1. The van der Waals surface area contributed by atoms with Crippen LogP contribution in [0.2, 0.25) is 10.0 Å². The number of nitrogens with one attached hydrogen (secondary N) is 1. The van der Waals surface area contributed by atoms with Crippen molar-refractivity contribution < 1.29 is 0 Å². The summed E-state index contributed by atoms with van der Waals surface area (Å²) < 4.78 is 1.21. The van der Waals surface area contributed by atoms with Crippen molar-refractivity contribution in [1.29, 1.82) is 0 Å². The molecule has 0 radical (unpaired) electrons. The van der Waals surface area contributed by atoms with Gasteiger partial charge in [-0.2, -0.15) is 0 Å². The summed E-state index contributed by atoms with van der Waals surface area (Å²) in [5.74, 6) is 0.605. The van der Waals surface area contributed by atoms with E-state index in [0.29, 0.717) is 34.8 Å². The van der Waals surface area contributed by atoms with Crippen LogP contribution in [0.25, 0.3) is 10.9 Å². The van der Waals surface area contributed by atoms with Crippen LogP contribution >= 0.6 is 23.2 Å². The highest BCUT2D eigenvalue weighted by Gasteiger charge is 2.12. The van der Waals surface area contributed by atoms with Crippen LogP contribution in [-0.2, 0) is 19.4 Å². The summed E-state index contributed by atoms with van der Waals surface area (Å²) in [5.41, 5.74) is 2.05. The lowest BCUT2D eigenvalue weighted by Gasteiger charge is -2.09. The molecule has 0 saturated carbocycles. The smallest absolute Gasteiger partial charge is 0.307 e. The summed E-state index contributed by atoms with van der Waals surface area (Å²) in [6.45, 7) is 4.73. The van der Waals surface area contributed by atoms with Crippen molar-refractivity contribution in [2.45, 2.75) is 39.7 Å². The van der Waals surface area contributed by atoms with Crippen molar-refractivity contribution in [2.75, 3.05) is 0 Å². The van der Waals surface area contributed by atoms with E-state index in [1.54, 1.807) is 0 Å². The summed E-state index contributed by atoms with van der Waals surface area (Å²) in [6, 6.07) is 11.5. The van der Waals surface area contributed by atoms with E-state index in [1.807, 2.05) is 0 Å². The Hall–Kier alpha value is -2.04. The molecule has 142 valence electrons. The molecule has 27 heavy (non-hydrogen) atoms. The lowest BCUT2D eigenvalue weighted by atomic mass is 9.99. The van der Waals surface area contributed by atoms with Gasteiger partial charge in [0.1, 0.15) is 0 Å². The highest BCUT2D eigenvalue weighted by Crippen LogP contribution is 2.23. The van der Waals surface area contributed by atoms with Crippen molar-refractivity contribution >= 4 is 34.1 Å². The van der Waals surface area contributed by atoms with E-state index in [0.717, 1.165) is 12.8 Å². The number of halogens is 2. The summed E-state index contributed by atoms with van der Waals surface area (Å²) >= 11 is 12.1. The first-order valence-corrected chi connectivity index (χ1v) is 9.80. The molecular weight excluding hydrogens is 383 g/mol. The Morgan fingerprint density at radius 2 is 1.81 bits per heavy atom. The fraction of sp³-hybridized carbons (Fsp3) is 0.333. The Balaban J connectivity index is 1.80. The van der Waals surface area contributed by atoms with Crippen molar-refractivity contribution in [3.05, 3.63) is 78.4 Å². The lowest BCUT2D eigenvalue weighted by Crippen LogP contribution is -2.35. The first kappa shape index (κ1) is 19.7. The third-order valence-corrected chi connectivity index (χ3v) is 5.00. The second-order valence-electron chi connectivity index (χ2n) is 7.22. The molecule has 0 unspecified atom stereocenters. The quantitative estimate of drug-likeness (QED) is 0.639. The number of aromatic amines is 1. The Kier molecular flexibility index (Phi) is 6.08. The second kappa shape index (κ2) is 8.32. The van der Waals surface area contributed by atoms with Crippen LogP contribution in [0.1, 0.15) is 31.4 Å². The molecule has 0 aliphatic carbocycles. The van der Waals surface area contributed by atoms with Gasteiger partial charge < -0.3 is 4.98 Å². The van der Waals surface area contributed by atoms with Crippen LogP contribution in [0.15, 0.2) is 46.0 Å². The third kappa shape index (κ3) is 4.63. The van der Waals surface area contributed by atoms with Gasteiger partial charge >= 0.3 is 5.69 Å². The average molecular weight is 405 g/mol. The molecule has 0 saturated heterocycles. The molecule has 0 spiro atoms. The fourth-order valence-electron chi connectivity index (χ4n) is 3.33. The van der Waals surface area contributed by atoms with E-state index in [-0.39, 0.29) is 10.6 Å². The normalized spacial score (nSPS) is 11.4. The van der Waals surface area contributed by atoms with E-state index >= 15 is 0 Å². The number of hydrogen-bond acceptors (Lipinski definition) is 2. The number of nitrogens with zero attached hydrogens (tertiary/aromatic N) is 1. The van der Waals surface area contributed by atoms with Crippen LogP contribution in [0, 0.1) is 5.92 Å². The number of hydrogen-bond donors (Lipinski definition) is 1. The fourth-order valence-corrected chi connectivity index (χ4v) is 3.90. The maximum absolute atomic E-state index is 12.7.